The van der Waals surface area contributed by atoms with Crippen molar-refractivity contribution in [3.05, 3.63) is 5.57 Å². The number of carboxylic acid groups (broad SMARTS) is 2. The Morgan fingerprint density at radius 1 is 0.611 bits per heavy atom. The number of ether oxygens (including phenoxy) is 2. The summed E-state index contributed by atoms with van der Waals surface area (Å²) < 4.78 is 11.8. The summed E-state index contributed by atoms with van der Waals surface area (Å²) in [6, 6.07) is 0. The number of carboxylic acids is 2. The minimum atomic E-state index is -1.19. The van der Waals surface area contributed by atoms with Crippen molar-refractivity contribution in [1.29, 1.82) is 0 Å². The molecular formula is C29H52O7. The molecule has 0 saturated carbocycles. The molecule has 0 aliphatic carbocycles. The molecule has 7 heteroatoms. The molecule has 0 aromatic rings. The fraction of sp³-hybridized carbons (Fsp3) is 0.862. The molecule has 0 saturated heterocycles. The summed E-state index contributed by atoms with van der Waals surface area (Å²) in [6.45, 7) is 4.15. The Kier molecular flexibility index (Phi) is 19.4. The molecule has 0 aliphatic heterocycles. The smallest absolute Gasteiger partial charge is 0.342 e. The van der Waals surface area contributed by atoms with Crippen molar-refractivity contribution in [2.75, 3.05) is 14.2 Å². The first-order valence-corrected chi connectivity index (χ1v) is 13.9. The quantitative estimate of drug-likeness (QED) is 0.0760. The van der Waals surface area contributed by atoms with Crippen molar-refractivity contribution in [3.63, 3.8) is 0 Å². The Labute approximate surface area is 219 Å². The van der Waals surface area contributed by atoms with Crippen LogP contribution in [0.5, 0.6) is 0 Å². The fourth-order valence-corrected chi connectivity index (χ4v) is 4.81. The highest BCUT2D eigenvalue weighted by molar-refractivity contribution is 5.95. The number of rotatable bonds is 25. The molecule has 0 spiro atoms. The van der Waals surface area contributed by atoms with Crippen LogP contribution in [0.25, 0.3) is 0 Å². The highest BCUT2D eigenvalue weighted by Gasteiger charge is 2.44. The lowest BCUT2D eigenvalue weighted by Gasteiger charge is -2.45. The van der Waals surface area contributed by atoms with Gasteiger partial charge in [0.1, 0.15) is 11.5 Å². The van der Waals surface area contributed by atoms with Crippen LogP contribution in [0.1, 0.15) is 136 Å². The third-order valence-corrected chi connectivity index (χ3v) is 7.78. The minimum Gasteiger partial charge on any atom is -0.481 e. The van der Waals surface area contributed by atoms with Crippen molar-refractivity contribution in [3.8, 4) is 0 Å². The van der Waals surface area contributed by atoms with Crippen molar-refractivity contribution in [2.45, 2.75) is 147 Å². The summed E-state index contributed by atoms with van der Waals surface area (Å²) in [6.07, 6.45) is 18.8. The first-order valence-electron chi connectivity index (χ1n) is 13.9. The minimum absolute atomic E-state index is 0.200. The van der Waals surface area contributed by atoms with Crippen molar-refractivity contribution in [1.82, 2.24) is 0 Å². The molecule has 7 nitrogen and oxygen atoms in total. The van der Waals surface area contributed by atoms with Gasteiger partial charge in [0.2, 0.25) is 0 Å². The molecule has 0 aromatic carbocycles. The van der Waals surface area contributed by atoms with E-state index in [2.05, 4.69) is 13.8 Å². The van der Waals surface area contributed by atoms with Crippen LogP contribution < -0.4 is 0 Å². The average Bonchev–Trinajstić information content (AvgIpc) is 2.85. The van der Waals surface area contributed by atoms with Gasteiger partial charge in [0.25, 0.3) is 0 Å². The standard InChI is InChI=1S/C29H52O7/c1-28(35-3,29(2,36-4)23-19-17-20-25(24-30)27(33)34)22-18-15-13-11-9-7-5-6-8-10-12-14-16-21-26(31)32/h5-23H2,1-4H3,(H,31,32)(H,33,34). The van der Waals surface area contributed by atoms with Crippen molar-refractivity contribution < 1.29 is 34.1 Å². The summed E-state index contributed by atoms with van der Waals surface area (Å²) in [7, 11) is 3.43. The number of aliphatic carboxylic acids is 2. The largest absolute Gasteiger partial charge is 0.481 e. The summed E-state index contributed by atoms with van der Waals surface area (Å²) in [4.78, 5) is 32.2. The molecule has 2 N–H and O–H groups in total. The van der Waals surface area contributed by atoms with E-state index in [4.69, 9.17) is 19.7 Å². The Hall–Kier alpha value is -1.69. The van der Waals surface area contributed by atoms with Gasteiger partial charge in [-0.05, 0) is 46.0 Å². The van der Waals surface area contributed by atoms with Crippen LogP contribution in [0.2, 0.25) is 0 Å². The van der Waals surface area contributed by atoms with Gasteiger partial charge in [-0.3, -0.25) is 4.79 Å². The molecule has 0 rings (SSSR count). The van der Waals surface area contributed by atoms with Crippen LogP contribution in [0.3, 0.4) is 0 Å². The van der Waals surface area contributed by atoms with E-state index in [0.717, 1.165) is 44.9 Å². The van der Waals surface area contributed by atoms with Crippen LogP contribution >= 0.6 is 0 Å². The molecule has 0 bridgehead atoms. The Bertz CT molecular complexity index is 656. The highest BCUT2D eigenvalue weighted by Crippen LogP contribution is 2.37. The molecule has 2 atom stereocenters. The molecule has 0 aromatic heterocycles. The zero-order valence-electron chi connectivity index (χ0n) is 23.4. The number of hydrogen-bond acceptors (Lipinski definition) is 5. The topological polar surface area (TPSA) is 110 Å². The van der Waals surface area contributed by atoms with Crippen LogP contribution in [0.15, 0.2) is 5.57 Å². The summed E-state index contributed by atoms with van der Waals surface area (Å²) >= 11 is 0. The third-order valence-electron chi connectivity index (χ3n) is 7.78. The van der Waals surface area contributed by atoms with E-state index in [1.807, 2.05) is 0 Å². The molecule has 0 radical (unpaired) electrons. The molecule has 0 fully saturated rings. The van der Waals surface area contributed by atoms with Gasteiger partial charge in [0, 0.05) is 20.6 Å². The van der Waals surface area contributed by atoms with Crippen LogP contribution in [0.4, 0.5) is 0 Å². The summed E-state index contributed by atoms with van der Waals surface area (Å²) in [5.41, 5.74) is -1.13. The van der Waals surface area contributed by atoms with E-state index < -0.39 is 23.1 Å². The summed E-state index contributed by atoms with van der Waals surface area (Å²) in [5.74, 6) is -0.357. The number of carbonyl (C=O) groups is 2. The van der Waals surface area contributed by atoms with Crippen molar-refractivity contribution in [2.24, 2.45) is 0 Å². The highest BCUT2D eigenvalue weighted by atomic mass is 16.5. The van der Waals surface area contributed by atoms with Crippen LogP contribution in [0, 0.1) is 0 Å². The molecule has 0 aliphatic rings. The molecule has 0 heterocycles. The second-order valence-electron chi connectivity index (χ2n) is 10.5. The Morgan fingerprint density at radius 3 is 1.28 bits per heavy atom. The molecule has 210 valence electrons. The second kappa shape index (κ2) is 20.4. The second-order valence-corrected chi connectivity index (χ2v) is 10.5. The van der Waals surface area contributed by atoms with Gasteiger partial charge in [0.05, 0.1) is 11.2 Å². The first kappa shape index (κ1) is 34.3. The maximum Gasteiger partial charge on any atom is 0.342 e. The van der Waals surface area contributed by atoms with Gasteiger partial charge < -0.3 is 19.7 Å². The third kappa shape index (κ3) is 14.8. The predicted octanol–water partition coefficient (Wildman–Crippen LogP) is 7.14. The van der Waals surface area contributed by atoms with E-state index in [-0.39, 0.29) is 12.0 Å². The van der Waals surface area contributed by atoms with Gasteiger partial charge in [0.15, 0.2) is 0 Å². The number of methoxy groups -OCH3 is 2. The van der Waals surface area contributed by atoms with Crippen molar-refractivity contribution >= 4 is 17.9 Å². The zero-order valence-corrected chi connectivity index (χ0v) is 23.4. The van der Waals surface area contributed by atoms with E-state index in [1.54, 1.807) is 14.2 Å². The lowest BCUT2D eigenvalue weighted by molar-refractivity contribution is -0.176. The normalized spacial score (nSPS) is 14.6. The predicted molar refractivity (Wildman–Crippen MR) is 143 cm³/mol. The van der Waals surface area contributed by atoms with Crippen LogP contribution in [-0.2, 0) is 23.9 Å². The monoisotopic (exact) mass is 512 g/mol. The SMILES string of the molecule is COC(C)(CCCCCCCCCCCCCCCC(=O)O)C(C)(CCCCC(=C=O)C(=O)O)OC. The maximum absolute atomic E-state index is 11.0. The number of unbranched alkanes of at least 4 members (excludes halogenated alkanes) is 13. The lowest BCUT2D eigenvalue weighted by atomic mass is 9.77. The van der Waals surface area contributed by atoms with Gasteiger partial charge in [-0.2, -0.15) is 0 Å². The molecule has 36 heavy (non-hydrogen) atoms. The van der Waals surface area contributed by atoms with Gasteiger partial charge in [-0.1, -0.05) is 83.5 Å². The fourth-order valence-electron chi connectivity index (χ4n) is 4.81. The molecule has 0 amide bonds. The lowest BCUT2D eigenvalue weighted by Crippen LogP contribution is -2.52. The molecular weight excluding hydrogens is 460 g/mol. The van der Waals surface area contributed by atoms with E-state index >= 15 is 0 Å². The van der Waals surface area contributed by atoms with Gasteiger partial charge in [-0.25, -0.2) is 9.59 Å². The Morgan fingerprint density at radius 2 is 0.944 bits per heavy atom. The number of carbonyl (C=O) groups excluding carboxylic acids is 1. The van der Waals surface area contributed by atoms with Crippen LogP contribution in [-0.4, -0.2) is 53.5 Å². The van der Waals surface area contributed by atoms with Gasteiger partial charge >= 0.3 is 11.9 Å². The summed E-state index contributed by atoms with van der Waals surface area (Å²) in [5, 5.41) is 17.6. The van der Waals surface area contributed by atoms with Gasteiger partial charge in [-0.15, -0.1) is 0 Å². The van der Waals surface area contributed by atoms with E-state index in [0.29, 0.717) is 12.8 Å². The number of hydrogen-bond donors (Lipinski definition) is 2. The van der Waals surface area contributed by atoms with E-state index in [1.165, 1.54) is 63.7 Å². The Balaban J connectivity index is 4.02. The average molecular weight is 513 g/mol. The van der Waals surface area contributed by atoms with E-state index in [9.17, 15) is 14.4 Å². The first-order chi connectivity index (χ1) is 17.2. The maximum atomic E-state index is 11.0. The molecule has 2 unspecified atom stereocenters. The zero-order chi connectivity index (χ0) is 27.3.